The number of carbonyl (C=O) groups is 1. The van der Waals surface area contributed by atoms with E-state index >= 15 is 0 Å². The van der Waals surface area contributed by atoms with Crippen molar-refractivity contribution < 1.29 is 4.79 Å². The normalized spacial score (nSPS) is 12.5. The van der Waals surface area contributed by atoms with Gasteiger partial charge in [-0.2, -0.15) is 5.10 Å². The lowest BCUT2D eigenvalue weighted by Crippen LogP contribution is -2.17. The van der Waals surface area contributed by atoms with Crippen LogP contribution in [-0.4, -0.2) is 20.7 Å². The van der Waals surface area contributed by atoms with Crippen molar-refractivity contribution in [3.63, 3.8) is 0 Å². The Morgan fingerprint density at radius 2 is 2.13 bits per heavy atom. The minimum absolute atomic E-state index is 0.150. The highest BCUT2D eigenvalue weighted by Crippen LogP contribution is 2.23. The van der Waals surface area contributed by atoms with Crippen LogP contribution in [0.4, 0.5) is 5.82 Å². The second-order valence-electron chi connectivity index (χ2n) is 6.02. The highest BCUT2D eigenvalue weighted by Gasteiger charge is 2.15. The van der Waals surface area contributed by atoms with Gasteiger partial charge in [0.15, 0.2) is 0 Å². The average molecular weight is 310 g/mol. The van der Waals surface area contributed by atoms with Crippen molar-refractivity contribution in [3.8, 4) is 0 Å². The summed E-state index contributed by atoms with van der Waals surface area (Å²) in [5.74, 6) is 0.569. The van der Waals surface area contributed by atoms with Crippen LogP contribution >= 0.6 is 0 Å². The molecule has 3 aromatic rings. The first kappa shape index (κ1) is 15.3. The maximum atomic E-state index is 12.6. The van der Waals surface area contributed by atoms with Gasteiger partial charge in [0.2, 0.25) is 0 Å². The smallest absolute Gasteiger partial charge is 0.273 e. The molecule has 1 unspecified atom stereocenters. The molecule has 2 N–H and O–H groups in total. The van der Waals surface area contributed by atoms with Crippen LogP contribution in [0.15, 0.2) is 30.5 Å². The third kappa shape index (κ3) is 2.74. The molecular weight excluding hydrogens is 288 g/mol. The van der Waals surface area contributed by atoms with Crippen LogP contribution in [0.25, 0.3) is 10.9 Å². The van der Waals surface area contributed by atoms with Gasteiger partial charge >= 0.3 is 0 Å². The fraction of sp³-hybridized carbons (Fsp3) is 0.333. The lowest BCUT2D eigenvalue weighted by Gasteiger charge is -2.13. The van der Waals surface area contributed by atoms with Gasteiger partial charge in [0.25, 0.3) is 5.91 Å². The van der Waals surface area contributed by atoms with Crippen molar-refractivity contribution >= 4 is 22.6 Å². The summed E-state index contributed by atoms with van der Waals surface area (Å²) in [5.41, 5.74) is 3.96. The van der Waals surface area contributed by atoms with Gasteiger partial charge in [-0.3, -0.25) is 4.79 Å². The van der Waals surface area contributed by atoms with Gasteiger partial charge in [0.05, 0.1) is 12.2 Å². The first-order valence-corrected chi connectivity index (χ1v) is 7.95. The van der Waals surface area contributed by atoms with E-state index in [1.165, 1.54) is 11.1 Å². The number of benzene rings is 1. The van der Waals surface area contributed by atoms with Crippen LogP contribution < -0.4 is 5.32 Å². The first-order chi connectivity index (χ1) is 11.0. The molecule has 0 aliphatic heterocycles. The largest absolute Gasteiger partial charge is 0.351 e. The highest BCUT2D eigenvalue weighted by atomic mass is 16.2. The molecule has 0 fully saturated rings. The lowest BCUT2D eigenvalue weighted by molar-refractivity contribution is 0.102. The minimum atomic E-state index is -0.150. The second kappa shape index (κ2) is 5.91. The number of aryl methyl sites for hydroxylation is 2. The molecule has 2 heterocycles. The molecule has 3 rings (SSSR count). The van der Waals surface area contributed by atoms with Crippen molar-refractivity contribution in [1.29, 1.82) is 0 Å². The van der Waals surface area contributed by atoms with E-state index in [0.717, 1.165) is 23.1 Å². The van der Waals surface area contributed by atoms with Gasteiger partial charge in [-0.1, -0.05) is 13.0 Å². The van der Waals surface area contributed by atoms with Crippen LogP contribution in [0.5, 0.6) is 0 Å². The van der Waals surface area contributed by atoms with Crippen molar-refractivity contribution in [1.82, 2.24) is 14.8 Å². The van der Waals surface area contributed by atoms with Crippen molar-refractivity contribution in [2.75, 3.05) is 5.32 Å². The van der Waals surface area contributed by atoms with E-state index in [2.05, 4.69) is 49.2 Å². The standard InChI is InChI=1S/C18H22N4O/c1-5-12(3)22-17(8-9-19-22)21-18(23)16-10-14-13(4)11(2)6-7-15(14)20-16/h6-10,12,20H,5H2,1-4H3,(H,21,23). The number of rotatable bonds is 4. The average Bonchev–Trinajstić information content (AvgIpc) is 3.17. The summed E-state index contributed by atoms with van der Waals surface area (Å²) in [6, 6.07) is 8.05. The Morgan fingerprint density at radius 1 is 1.35 bits per heavy atom. The van der Waals surface area contributed by atoms with Crippen molar-refractivity contribution in [2.45, 2.75) is 40.2 Å². The molecule has 0 radical (unpaired) electrons. The monoisotopic (exact) mass is 310 g/mol. The van der Waals surface area contributed by atoms with Crippen LogP contribution in [0, 0.1) is 13.8 Å². The molecule has 1 aromatic carbocycles. The van der Waals surface area contributed by atoms with Gasteiger partial charge in [-0.05, 0) is 50.5 Å². The Hall–Kier alpha value is -2.56. The molecule has 2 aromatic heterocycles. The molecular formula is C18H22N4O. The quantitative estimate of drug-likeness (QED) is 0.758. The summed E-state index contributed by atoms with van der Waals surface area (Å²) in [4.78, 5) is 15.8. The number of aromatic amines is 1. The molecule has 5 nitrogen and oxygen atoms in total. The van der Waals surface area contributed by atoms with E-state index in [-0.39, 0.29) is 11.9 Å². The topological polar surface area (TPSA) is 62.7 Å². The summed E-state index contributed by atoms with van der Waals surface area (Å²) < 4.78 is 1.84. The lowest BCUT2D eigenvalue weighted by atomic mass is 10.1. The molecule has 120 valence electrons. The number of hydrogen-bond acceptors (Lipinski definition) is 2. The molecule has 1 atom stereocenters. The maximum absolute atomic E-state index is 12.6. The van der Waals surface area contributed by atoms with Crippen molar-refractivity contribution in [2.24, 2.45) is 0 Å². The van der Waals surface area contributed by atoms with Crippen LogP contribution in [0.1, 0.15) is 47.9 Å². The minimum Gasteiger partial charge on any atom is -0.351 e. The number of amides is 1. The molecule has 1 amide bonds. The van der Waals surface area contributed by atoms with Gasteiger partial charge in [-0.25, -0.2) is 4.68 Å². The molecule has 0 saturated heterocycles. The Balaban J connectivity index is 1.90. The van der Waals surface area contributed by atoms with E-state index in [4.69, 9.17) is 0 Å². The van der Waals surface area contributed by atoms with E-state index in [1.807, 2.05) is 22.9 Å². The Morgan fingerprint density at radius 3 is 2.87 bits per heavy atom. The Labute approximate surface area is 135 Å². The summed E-state index contributed by atoms with van der Waals surface area (Å²) in [7, 11) is 0. The summed E-state index contributed by atoms with van der Waals surface area (Å²) in [5, 5.41) is 8.33. The van der Waals surface area contributed by atoms with Crippen LogP contribution in [-0.2, 0) is 0 Å². The summed E-state index contributed by atoms with van der Waals surface area (Å²) >= 11 is 0. The summed E-state index contributed by atoms with van der Waals surface area (Å²) in [6.07, 6.45) is 2.66. The molecule has 0 aliphatic rings. The Kier molecular flexibility index (Phi) is 3.94. The number of nitrogens with zero attached hydrogens (tertiary/aromatic N) is 2. The van der Waals surface area contributed by atoms with Gasteiger partial charge in [0, 0.05) is 17.0 Å². The third-order valence-corrected chi connectivity index (χ3v) is 4.51. The molecule has 0 aliphatic carbocycles. The molecule has 0 bridgehead atoms. The van der Waals surface area contributed by atoms with E-state index < -0.39 is 0 Å². The van der Waals surface area contributed by atoms with Gasteiger partial charge < -0.3 is 10.3 Å². The number of hydrogen-bond donors (Lipinski definition) is 2. The van der Waals surface area contributed by atoms with Crippen LogP contribution in [0.3, 0.4) is 0 Å². The number of H-pyrrole nitrogens is 1. The number of fused-ring (bicyclic) bond motifs is 1. The predicted octanol–water partition coefficient (Wildman–Crippen LogP) is 4.20. The highest BCUT2D eigenvalue weighted by molar-refractivity contribution is 6.06. The van der Waals surface area contributed by atoms with Crippen molar-refractivity contribution in [3.05, 3.63) is 47.3 Å². The fourth-order valence-electron chi connectivity index (χ4n) is 2.70. The molecule has 0 spiro atoms. The summed E-state index contributed by atoms with van der Waals surface area (Å²) in [6.45, 7) is 8.33. The SMILES string of the molecule is CCC(C)n1nccc1NC(=O)c1cc2c(C)c(C)ccc2[nH]1. The Bertz CT molecular complexity index is 859. The van der Waals surface area contributed by atoms with E-state index in [1.54, 1.807) is 6.20 Å². The molecule has 0 saturated carbocycles. The second-order valence-corrected chi connectivity index (χ2v) is 6.02. The van der Waals surface area contributed by atoms with Gasteiger partial charge in [-0.15, -0.1) is 0 Å². The molecule has 23 heavy (non-hydrogen) atoms. The van der Waals surface area contributed by atoms with E-state index in [9.17, 15) is 4.79 Å². The third-order valence-electron chi connectivity index (χ3n) is 4.51. The van der Waals surface area contributed by atoms with E-state index in [0.29, 0.717) is 5.69 Å². The molecule has 5 heteroatoms. The number of anilines is 1. The zero-order chi connectivity index (χ0) is 16.6. The number of carbonyl (C=O) groups excluding carboxylic acids is 1. The first-order valence-electron chi connectivity index (χ1n) is 7.95. The number of aromatic nitrogens is 3. The fourth-order valence-corrected chi connectivity index (χ4v) is 2.70. The zero-order valence-corrected chi connectivity index (χ0v) is 14.0. The van der Waals surface area contributed by atoms with Gasteiger partial charge in [0.1, 0.15) is 11.5 Å². The maximum Gasteiger partial charge on any atom is 0.273 e. The number of nitrogens with one attached hydrogen (secondary N) is 2. The predicted molar refractivity (Wildman–Crippen MR) is 93.0 cm³/mol. The zero-order valence-electron chi connectivity index (χ0n) is 14.0. The van der Waals surface area contributed by atoms with Crippen LogP contribution in [0.2, 0.25) is 0 Å².